The Morgan fingerprint density at radius 1 is 0.933 bits per heavy atom. The normalized spacial score (nSPS) is 10.3. The van der Waals surface area contributed by atoms with Crippen molar-refractivity contribution in [3.05, 3.63) is 65.9 Å². The standard InChI is InChI=1S/C21H18N2O7/c1-28-20(26)17-18(14-10-6-7-11-15(14)30-12-16(24)25)22-23(19(17)21(27)29-2)13-8-4-3-5-9-13/h3-11H,12H2,1-2H3,(H,24,25). The first-order valence-corrected chi connectivity index (χ1v) is 8.77. The molecule has 154 valence electrons. The number of aromatic nitrogens is 2. The number of ether oxygens (including phenoxy) is 3. The summed E-state index contributed by atoms with van der Waals surface area (Å²) < 4.78 is 16.4. The predicted molar refractivity (Wildman–Crippen MR) is 105 cm³/mol. The lowest BCUT2D eigenvalue weighted by Crippen LogP contribution is -2.15. The molecule has 3 rings (SSSR count). The lowest BCUT2D eigenvalue weighted by Gasteiger charge is -2.09. The number of benzene rings is 2. The minimum atomic E-state index is -1.16. The number of methoxy groups -OCH3 is 2. The maximum Gasteiger partial charge on any atom is 0.357 e. The molecule has 0 aliphatic carbocycles. The molecule has 1 N–H and O–H groups in total. The molecule has 0 amide bonds. The van der Waals surface area contributed by atoms with Crippen LogP contribution >= 0.6 is 0 Å². The van der Waals surface area contributed by atoms with E-state index < -0.39 is 24.5 Å². The highest BCUT2D eigenvalue weighted by atomic mass is 16.5. The molecule has 9 nitrogen and oxygen atoms in total. The van der Waals surface area contributed by atoms with Gasteiger partial charge in [0.25, 0.3) is 0 Å². The highest BCUT2D eigenvalue weighted by Crippen LogP contribution is 2.34. The van der Waals surface area contributed by atoms with Gasteiger partial charge in [0.2, 0.25) is 0 Å². The van der Waals surface area contributed by atoms with Crippen molar-refractivity contribution in [3.8, 4) is 22.7 Å². The smallest absolute Gasteiger partial charge is 0.357 e. The lowest BCUT2D eigenvalue weighted by atomic mass is 10.0. The number of carbonyl (C=O) groups is 3. The fourth-order valence-electron chi connectivity index (χ4n) is 2.87. The van der Waals surface area contributed by atoms with E-state index in [1.807, 2.05) is 0 Å². The number of para-hydroxylation sites is 2. The first kappa shape index (κ1) is 20.6. The fraction of sp³-hybridized carbons (Fsp3) is 0.143. The van der Waals surface area contributed by atoms with Gasteiger partial charge in [-0.2, -0.15) is 5.10 Å². The van der Waals surface area contributed by atoms with Crippen molar-refractivity contribution in [2.75, 3.05) is 20.8 Å². The number of esters is 2. The molecule has 0 fully saturated rings. The average Bonchev–Trinajstić information content (AvgIpc) is 3.17. The van der Waals surface area contributed by atoms with Gasteiger partial charge in [0.1, 0.15) is 17.0 Å². The van der Waals surface area contributed by atoms with Crippen LogP contribution in [0.5, 0.6) is 5.75 Å². The Balaban J connectivity index is 2.30. The topological polar surface area (TPSA) is 117 Å². The minimum Gasteiger partial charge on any atom is -0.481 e. The summed E-state index contributed by atoms with van der Waals surface area (Å²) in [7, 11) is 2.37. The summed E-state index contributed by atoms with van der Waals surface area (Å²) in [5.74, 6) is -2.58. The third-order valence-corrected chi connectivity index (χ3v) is 4.15. The van der Waals surface area contributed by atoms with E-state index in [1.165, 1.54) is 18.9 Å². The van der Waals surface area contributed by atoms with E-state index in [0.717, 1.165) is 0 Å². The molecule has 0 atom stereocenters. The molecule has 1 heterocycles. The molecule has 0 aliphatic heterocycles. The molecule has 9 heteroatoms. The molecule has 0 saturated carbocycles. The van der Waals surface area contributed by atoms with Crippen molar-refractivity contribution in [2.45, 2.75) is 0 Å². The number of hydrogen-bond acceptors (Lipinski definition) is 7. The maximum absolute atomic E-state index is 12.7. The highest BCUT2D eigenvalue weighted by Gasteiger charge is 2.32. The monoisotopic (exact) mass is 410 g/mol. The van der Waals surface area contributed by atoms with Crippen LogP contribution in [0.15, 0.2) is 54.6 Å². The predicted octanol–water partition coefficient (Wildman–Crippen LogP) is 2.58. The molecule has 0 aliphatic rings. The summed E-state index contributed by atoms with van der Waals surface area (Å²) in [6.07, 6.45) is 0. The average molecular weight is 410 g/mol. The van der Waals surface area contributed by atoms with Gasteiger partial charge >= 0.3 is 17.9 Å². The molecule has 0 bridgehead atoms. The summed E-state index contributed by atoms with van der Waals surface area (Å²) in [4.78, 5) is 36.2. The van der Waals surface area contributed by atoms with Crippen LogP contribution in [0, 0.1) is 0 Å². The Labute approximate surface area is 171 Å². The Kier molecular flexibility index (Phi) is 6.11. The molecular weight excluding hydrogens is 392 g/mol. The quantitative estimate of drug-likeness (QED) is 0.591. The Bertz CT molecular complexity index is 1090. The first-order chi connectivity index (χ1) is 14.5. The van der Waals surface area contributed by atoms with Gasteiger partial charge in [-0.25, -0.2) is 19.1 Å². The highest BCUT2D eigenvalue weighted by molar-refractivity contribution is 6.07. The lowest BCUT2D eigenvalue weighted by molar-refractivity contribution is -0.139. The number of rotatable bonds is 7. The zero-order chi connectivity index (χ0) is 21.7. The molecular formula is C21H18N2O7. The molecule has 0 spiro atoms. The van der Waals surface area contributed by atoms with Crippen LogP contribution < -0.4 is 4.74 Å². The zero-order valence-corrected chi connectivity index (χ0v) is 16.2. The number of hydrogen-bond donors (Lipinski definition) is 1. The van der Waals surface area contributed by atoms with Crippen LogP contribution in [-0.2, 0) is 14.3 Å². The molecule has 0 unspecified atom stereocenters. The first-order valence-electron chi connectivity index (χ1n) is 8.77. The molecule has 2 aromatic carbocycles. The van der Waals surface area contributed by atoms with Crippen molar-refractivity contribution < 1.29 is 33.7 Å². The third kappa shape index (κ3) is 4.00. The van der Waals surface area contributed by atoms with E-state index in [1.54, 1.807) is 54.6 Å². The van der Waals surface area contributed by atoms with E-state index in [9.17, 15) is 14.4 Å². The van der Waals surface area contributed by atoms with E-state index >= 15 is 0 Å². The van der Waals surface area contributed by atoms with E-state index in [-0.39, 0.29) is 22.7 Å². The second-order valence-electron chi connectivity index (χ2n) is 5.98. The molecule has 30 heavy (non-hydrogen) atoms. The van der Waals surface area contributed by atoms with Crippen molar-refractivity contribution in [1.29, 1.82) is 0 Å². The van der Waals surface area contributed by atoms with Crippen LogP contribution in [0.4, 0.5) is 0 Å². The summed E-state index contributed by atoms with van der Waals surface area (Å²) in [6, 6.07) is 15.2. The number of carboxylic acids is 1. The van der Waals surface area contributed by atoms with Crippen LogP contribution in [0.2, 0.25) is 0 Å². The van der Waals surface area contributed by atoms with E-state index in [4.69, 9.17) is 19.3 Å². The van der Waals surface area contributed by atoms with Gasteiger partial charge in [-0.15, -0.1) is 0 Å². The molecule has 3 aromatic rings. The number of carbonyl (C=O) groups excluding carboxylic acids is 2. The number of nitrogens with zero attached hydrogens (tertiary/aromatic N) is 2. The minimum absolute atomic E-state index is 0.0899. The van der Waals surface area contributed by atoms with Gasteiger partial charge in [-0.05, 0) is 24.3 Å². The molecule has 0 radical (unpaired) electrons. The fourth-order valence-corrected chi connectivity index (χ4v) is 2.87. The summed E-state index contributed by atoms with van der Waals surface area (Å²) in [6.45, 7) is -0.589. The molecule has 0 saturated heterocycles. The van der Waals surface area contributed by atoms with Gasteiger partial charge in [-0.3, -0.25) is 0 Å². The number of aliphatic carboxylic acids is 1. The maximum atomic E-state index is 12.7. The third-order valence-electron chi connectivity index (χ3n) is 4.15. The summed E-state index contributed by atoms with van der Waals surface area (Å²) in [5.41, 5.74) is 0.669. The Hall–Kier alpha value is -4.14. The van der Waals surface area contributed by atoms with Crippen molar-refractivity contribution in [1.82, 2.24) is 9.78 Å². The van der Waals surface area contributed by atoms with Gasteiger partial charge in [-0.1, -0.05) is 30.3 Å². The van der Waals surface area contributed by atoms with Gasteiger partial charge < -0.3 is 19.3 Å². The van der Waals surface area contributed by atoms with E-state index in [2.05, 4.69) is 5.10 Å². The SMILES string of the molecule is COC(=O)c1c(-c2ccccc2OCC(=O)O)nn(-c2ccccc2)c1C(=O)OC. The van der Waals surface area contributed by atoms with Gasteiger partial charge in [0, 0.05) is 5.56 Å². The Morgan fingerprint density at radius 3 is 2.20 bits per heavy atom. The second kappa shape index (κ2) is 8.91. The summed E-state index contributed by atoms with van der Waals surface area (Å²) in [5, 5.41) is 13.4. The number of carboxylic acid groups (broad SMARTS) is 1. The van der Waals surface area contributed by atoms with Gasteiger partial charge in [0.05, 0.1) is 19.9 Å². The van der Waals surface area contributed by atoms with Crippen LogP contribution in [0.25, 0.3) is 16.9 Å². The van der Waals surface area contributed by atoms with E-state index in [0.29, 0.717) is 11.3 Å². The zero-order valence-electron chi connectivity index (χ0n) is 16.2. The van der Waals surface area contributed by atoms with Crippen molar-refractivity contribution in [3.63, 3.8) is 0 Å². The summed E-state index contributed by atoms with van der Waals surface area (Å²) >= 11 is 0. The van der Waals surface area contributed by atoms with Crippen LogP contribution in [0.1, 0.15) is 20.8 Å². The second-order valence-corrected chi connectivity index (χ2v) is 5.98. The van der Waals surface area contributed by atoms with Crippen LogP contribution in [0.3, 0.4) is 0 Å². The van der Waals surface area contributed by atoms with Gasteiger partial charge in [0.15, 0.2) is 12.3 Å². The Morgan fingerprint density at radius 2 is 1.57 bits per heavy atom. The largest absolute Gasteiger partial charge is 0.481 e. The van der Waals surface area contributed by atoms with Crippen molar-refractivity contribution >= 4 is 17.9 Å². The van der Waals surface area contributed by atoms with Crippen molar-refractivity contribution in [2.24, 2.45) is 0 Å². The molecule has 1 aromatic heterocycles. The van der Waals surface area contributed by atoms with Crippen LogP contribution in [-0.4, -0.2) is 53.6 Å².